The molecule has 0 unspecified atom stereocenters. The third-order valence-electron chi connectivity index (χ3n) is 3.36. The molecule has 2 heterocycles. The van der Waals surface area contributed by atoms with Crippen LogP contribution in [0.15, 0.2) is 18.3 Å². The number of esters is 2. The van der Waals surface area contributed by atoms with Crippen LogP contribution in [0.25, 0.3) is 0 Å². The van der Waals surface area contributed by atoms with Crippen molar-refractivity contribution in [3.8, 4) is 0 Å². The Morgan fingerprint density at radius 1 is 1.24 bits per heavy atom. The van der Waals surface area contributed by atoms with E-state index >= 15 is 0 Å². The van der Waals surface area contributed by atoms with Gasteiger partial charge in [-0.15, -0.1) is 0 Å². The number of aromatic nitrogens is 2. The largest absolute Gasteiger partial charge is 0.465 e. The number of nitrogens with zero attached hydrogens (tertiary/aromatic N) is 1. The molecule has 0 aromatic carbocycles. The number of aryl methyl sites for hydroxylation is 1. The number of H-pyrrole nitrogens is 1. The summed E-state index contributed by atoms with van der Waals surface area (Å²) in [5, 5.41) is 2.90. The van der Waals surface area contributed by atoms with Crippen molar-refractivity contribution in [1.29, 1.82) is 0 Å². The van der Waals surface area contributed by atoms with Crippen LogP contribution in [0.2, 0.25) is 5.02 Å². The van der Waals surface area contributed by atoms with Gasteiger partial charge in [0.05, 0.1) is 17.7 Å². The van der Waals surface area contributed by atoms with E-state index in [4.69, 9.17) is 16.3 Å². The first kappa shape index (κ1) is 18.5. The second kappa shape index (κ2) is 7.80. The smallest absolute Gasteiger partial charge is 0.355 e. The molecule has 25 heavy (non-hydrogen) atoms. The number of methoxy groups -OCH3 is 1. The van der Waals surface area contributed by atoms with Crippen LogP contribution < -0.4 is 5.32 Å². The Bertz CT molecular complexity index is 814. The van der Waals surface area contributed by atoms with Gasteiger partial charge in [0.2, 0.25) is 0 Å². The summed E-state index contributed by atoms with van der Waals surface area (Å²) in [6, 6.07) is 3.08. The minimum absolute atomic E-state index is 0.0929. The molecule has 0 spiro atoms. The SMILES string of the molecule is COC(=O)c1c(C)[nH]c(C(=O)OCC(=O)Nc2ccc(Cl)cn2)c1C. The van der Waals surface area contributed by atoms with Crippen LogP contribution in [0.3, 0.4) is 0 Å². The van der Waals surface area contributed by atoms with Gasteiger partial charge in [0, 0.05) is 11.9 Å². The van der Waals surface area contributed by atoms with E-state index < -0.39 is 24.5 Å². The maximum atomic E-state index is 12.1. The highest BCUT2D eigenvalue weighted by Gasteiger charge is 2.23. The summed E-state index contributed by atoms with van der Waals surface area (Å²) in [7, 11) is 1.25. The maximum absolute atomic E-state index is 12.1. The molecule has 0 fully saturated rings. The fraction of sp³-hybridized carbons (Fsp3) is 0.250. The molecule has 0 saturated heterocycles. The average Bonchev–Trinajstić information content (AvgIpc) is 2.88. The number of carbonyl (C=O) groups excluding carboxylic acids is 3. The Morgan fingerprint density at radius 2 is 1.96 bits per heavy atom. The van der Waals surface area contributed by atoms with Gasteiger partial charge < -0.3 is 19.8 Å². The van der Waals surface area contributed by atoms with Gasteiger partial charge >= 0.3 is 11.9 Å². The molecule has 132 valence electrons. The van der Waals surface area contributed by atoms with Gasteiger partial charge in [-0.1, -0.05) is 11.6 Å². The number of anilines is 1. The number of amides is 1. The van der Waals surface area contributed by atoms with E-state index in [-0.39, 0.29) is 17.1 Å². The van der Waals surface area contributed by atoms with Crippen LogP contribution in [-0.2, 0) is 14.3 Å². The number of ether oxygens (including phenoxy) is 2. The van der Waals surface area contributed by atoms with E-state index in [0.717, 1.165) is 0 Å². The van der Waals surface area contributed by atoms with Crippen LogP contribution in [0.5, 0.6) is 0 Å². The van der Waals surface area contributed by atoms with Crippen molar-refractivity contribution in [2.24, 2.45) is 0 Å². The molecule has 0 bridgehead atoms. The normalized spacial score (nSPS) is 10.2. The van der Waals surface area contributed by atoms with Crippen molar-refractivity contribution < 1.29 is 23.9 Å². The number of halogens is 1. The second-order valence-corrected chi connectivity index (χ2v) is 5.54. The van der Waals surface area contributed by atoms with E-state index in [1.165, 1.54) is 19.4 Å². The predicted octanol–water partition coefficient (Wildman–Crippen LogP) is 2.26. The standard InChI is InChI=1S/C16H16ClN3O5/c1-8-13(15(22)24-3)9(2)19-14(8)16(23)25-7-12(21)20-11-5-4-10(17)6-18-11/h4-6,19H,7H2,1-3H3,(H,18,20,21). The van der Waals surface area contributed by atoms with Gasteiger partial charge in [-0.3, -0.25) is 4.79 Å². The number of hydrogen-bond donors (Lipinski definition) is 2. The number of nitrogens with one attached hydrogen (secondary N) is 2. The number of aromatic amines is 1. The molecule has 2 N–H and O–H groups in total. The molecule has 0 aliphatic heterocycles. The lowest BCUT2D eigenvalue weighted by atomic mass is 10.1. The summed E-state index contributed by atoms with van der Waals surface area (Å²) in [5.74, 6) is -1.59. The molecule has 0 radical (unpaired) electrons. The predicted molar refractivity (Wildman–Crippen MR) is 89.8 cm³/mol. The summed E-state index contributed by atoms with van der Waals surface area (Å²) >= 11 is 5.70. The van der Waals surface area contributed by atoms with Gasteiger partial charge in [0.15, 0.2) is 6.61 Å². The Kier molecular flexibility index (Phi) is 5.76. The van der Waals surface area contributed by atoms with Gasteiger partial charge in [-0.25, -0.2) is 14.6 Å². The van der Waals surface area contributed by atoms with Crippen LogP contribution in [0.1, 0.15) is 32.1 Å². The van der Waals surface area contributed by atoms with Crippen molar-refractivity contribution in [1.82, 2.24) is 9.97 Å². The molecule has 0 saturated carbocycles. The van der Waals surface area contributed by atoms with Crippen LogP contribution in [-0.4, -0.2) is 41.5 Å². The highest BCUT2D eigenvalue weighted by atomic mass is 35.5. The zero-order chi connectivity index (χ0) is 18.6. The van der Waals surface area contributed by atoms with E-state index in [1.807, 2.05) is 0 Å². The van der Waals surface area contributed by atoms with Gasteiger partial charge in [0.1, 0.15) is 11.5 Å². The van der Waals surface area contributed by atoms with E-state index in [1.54, 1.807) is 19.9 Å². The third-order valence-corrected chi connectivity index (χ3v) is 3.58. The molecule has 1 amide bonds. The van der Waals surface area contributed by atoms with Crippen LogP contribution >= 0.6 is 11.6 Å². The number of rotatable bonds is 5. The molecule has 2 aromatic rings. The molecule has 8 nitrogen and oxygen atoms in total. The molecule has 0 aliphatic carbocycles. The minimum Gasteiger partial charge on any atom is -0.465 e. The topological polar surface area (TPSA) is 110 Å². The van der Waals surface area contributed by atoms with Crippen molar-refractivity contribution in [2.45, 2.75) is 13.8 Å². The van der Waals surface area contributed by atoms with Crippen molar-refractivity contribution in [3.63, 3.8) is 0 Å². The number of carbonyl (C=O) groups is 3. The Morgan fingerprint density at radius 3 is 2.56 bits per heavy atom. The Labute approximate surface area is 148 Å². The van der Waals surface area contributed by atoms with Gasteiger partial charge in [0.25, 0.3) is 5.91 Å². The van der Waals surface area contributed by atoms with E-state index in [9.17, 15) is 14.4 Å². The first-order valence-electron chi connectivity index (χ1n) is 7.19. The summed E-state index contributed by atoms with van der Waals surface area (Å²) < 4.78 is 9.63. The summed E-state index contributed by atoms with van der Waals surface area (Å²) in [6.45, 7) is 2.72. The maximum Gasteiger partial charge on any atom is 0.355 e. The monoisotopic (exact) mass is 365 g/mol. The van der Waals surface area contributed by atoms with Crippen molar-refractivity contribution in [2.75, 3.05) is 19.0 Å². The summed E-state index contributed by atoms with van der Waals surface area (Å²) in [6.07, 6.45) is 1.38. The number of hydrogen-bond acceptors (Lipinski definition) is 6. The van der Waals surface area contributed by atoms with Gasteiger partial charge in [-0.05, 0) is 31.5 Å². The second-order valence-electron chi connectivity index (χ2n) is 5.10. The lowest BCUT2D eigenvalue weighted by Crippen LogP contribution is -2.21. The average molecular weight is 366 g/mol. The summed E-state index contributed by atoms with van der Waals surface area (Å²) in [4.78, 5) is 42.3. The molecule has 2 aromatic heterocycles. The number of pyridine rings is 1. The summed E-state index contributed by atoms with van der Waals surface area (Å²) in [5.41, 5.74) is 1.24. The molecule has 2 rings (SSSR count). The lowest BCUT2D eigenvalue weighted by molar-refractivity contribution is -0.119. The minimum atomic E-state index is -0.755. The third kappa shape index (κ3) is 4.36. The molecular formula is C16H16ClN3O5. The Balaban J connectivity index is 1.99. The first-order chi connectivity index (χ1) is 11.8. The molecule has 0 atom stereocenters. The zero-order valence-corrected chi connectivity index (χ0v) is 14.6. The van der Waals surface area contributed by atoms with E-state index in [2.05, 4.69) is 20.0 Å². The highest BCUT2D eigenvalue weighted by molar-refractivity contribution is 6.30. The van der Waals surface area contributed by atoms with Gasteiger partial charge in [-0.2, -0.15) is 0 Å². The fourth-order valence-electron chi connectivity index (χ4n) is 2.19. The van der Waals surface area contributed by atoms with Crippen LogP contribution in [0.4, 0.5) is 5.82 Å². The molecular weight excluding hydrogens is 350 g/mol. The molecule has 0 aliphatic rings. The lowest BCUT2D eigenvalue weighted by Gasteiger charge is -2.06. The van der Waals surface area contributed by atoms with Crippen molar-refractivity contribution >= 4 is 35.3 Å². The Hall–Kier alpha value is -2.87. The first-order valence-corrected chi connectivity index (χ1v) is 7.57. The van der Waals surface area contributed by atoms with Crippen LogP contribution in [0, 0.1) is 13.8 Å². The van der Waals surface area contributed by atoms with E-state index in [0.29, 0.717) is 16.3 Å². The quantitative estimate of drug-likeness (QED) is 0.786. The highest BCUT2D eigenvalue weighted by Crippen LogP contribution is 2.19. The zero-order valence-electron chi connectivity index (χ0n) is 13.8. The molecule has 9 heteroatoms. The fourth-order valence-corrected chi connectivity index (χ4v) is 2.31. The van der Waals surface area contributed by atoms with Crippen molar-refractivity contribution in [3.05, 3.63) is 45.9 Å².